The zero-order valence-corrected chi connectivity index (χ0v) is 8.19. The third kappa shape index (κ3) is 6.36. The molecule has 0 heterocycles. The second kappa shape index (κ2) is 7.82. The molecule has 0 aliphatic rings. The molecule has 0 aromatic rings. The van der Waals surface area contributed by atoms with Crippen molar-refractivity contribution in [1.29, 1.82) is 0 Å². The van der Waals surface area contributed by atoms with Crippen LogP contribution in [0.5, 0.6) is 0 Å². The van der Waals surface area contributed by atoms with Crippen LogP contribution in [0, 0.1) is 0 Å². The summed E-state index contributed by atoms with van der Waals surface area (Å²) in [5.74, 6) is 0.0792. The van der Waals surface area contributed by atoms with Gasteiger partial charge in [0.1, 0.15) is 6.10 Å². The molecule has 0 amide bonds. The van der Waals surface area contributed by atoms with Gasteiger partial charge in [-0.3, -0.25) is 0 Å². The molecule has 0 aliphatic heterocycles. The molecular weight excluding hydrogens is 172 g/mol. The lowest BCUT2D eigenvalue weighted by Gasteiger charge is -2.10. The summed E-state index contributed by atoms with van der Waals surface area (Å²) >= 11 is 0. The van der Waals surface area contributed by atoms with E-state index in [2.05, 4.69) is 5.16 Å². The molecule has 1 unspecified atom stereocenters. The van der Waals surface area contributed by atoms with Crippen molar-refractivity contribution in [3.63, 3.8) is 0 Å². The molecule has 3 N–H and O–H groups in total. The van der Waals surface area contributed by atoms with Crippen LogP contribution in [0.3, 0.4) is 0 Å². The Hall–Kier alpha value is -0.810. The number of amidine groups is 1. The van der Waals surface area contributed by atoms with Crippen LogP contribution in [0.15, 0.2) is 5.16 Å². The van der Waals surface area contributed by atoms with Gasteiger partial charge in [0, 0.05) is 6.61 Å². The summed E-state index contributed by atoms with van der Waals surface area (Å²) in [6.45, 7) is 5.49. The van der Waals surface area contributed by atoms with E-state index in [4.69, 9.17) is 20.4 Å². The minimum atomic E-state index is -0.366. The Morgan fingerprint density at radius 3 is 2.69 bits per heavy atom. The first kappa shape index (κ1) is 12.2. The van der Waals surface area contributed by atoms with Crippen molar-refractivity contribution < 1.29 is 14.7 Å². The van der Waals surface area contributed by atoms with E-state index in [0.717, 1.165) is 13.0 Å². The summed E-state index contributed by atoms with van der Waals surface area (Å²) in [5.41, 5.74) is 5.29. The highest BCUT2D eigenvalue weighted by atomic mass is 16.5. The maximum Gasteiger partial charge on any atom is 0.168 e. The Labute approximate surface area is 78.5 Å². The number of nitrogens with zero attached hydrogens (tertiary/aromatic N) is 1. The van der Waals surface area contributed by atoms with Crippen LogP contribution in [0.4, 0.5) is 0 Å². The maximum absolute atomic E-state index is 8.30. The van der Waals surface area contributed by atoms with E-state index >= 15 is 0 Å². The highest BCUT2D eigenvalue weighted by Gasteiger charge is 2.06. The minimum absolute atomic E-state index is 0.0792. The molecule has 0 bridgehead atoms. The second-order valence-corrected chi connectivity index (χ2v) is 2.65. The third-order valence-electron chi connectivity index (χ3n) is 1.48. The van der Waals surface area contributed by atoms with Crippen LogP contribution in [-0.2, 0) is 9.47 Å². The molecule has 5 nitrogen and oxygen atoms in total. The van der Waals surface area contributed by atoms with Crippen molar-refractivity contribution in [3.05, 3.63) is 0 Å². The maximum atomic E-state index is 8.30. The zero-order valence-electron chi connectivity index (χ0n) is 8.19. The van der Waals surface area contributed by atoms with Crippen molar-refractivity contribution in [3.8, 4) is 0 Å². The number of oxime groups is 1. The lowest BCUT2D eigenvalue weighted by molar-refractivity contribution is 0.0346. The highest BCUT2D eigenvalue weighted by Crippen LogP contribution is 1.91. The molecule has 0 rings (SSSR count). The molecule has 0 aliphatic carbocycles. The Kier molecular flexibility index (Phi) is 7.33. The Balaban J connectivity index is 3.32. The van der Waals surface area contributed by atoms with Crippen LogP contribution in [0.1, 0.15) is 20.3 Å². The smallest absolute Gasteiger partial charge is 0.168 e. The number of ether oxygens (including phenoxy) is 2. The largest absolute Gasteiger partial charge is 0.409 e. The number of hydrogen-bond acceptors (Lipinski definition) is 4. The van der Waals surface area contributed by atoms with Crippen LogP contribution in [-0.4, -0.2) is 37.0 Å². The first-order valence-corrected chi connectivity index (χ1v) is 4.39. The molecular formula is C8H18N2O3. The lowest BCUT2D eigenvalue weighted by Crippen LogP contribution is -2.29. The Bertz CT molecular complexity index is 150. The number of hydrogen-bond donors (Lipinski definition) is 2. The van der Waals surface area contributed by atoms with Gasteiger partial charge in [0.25, 0.3) is 0 Å². The molecule has 78 valence electrons. The number of rotatable bonds is 7. The summed E-state index contributed by atoms with van der Waals surface area (Å²) < 4.78 is 10.4. The normalized spacial score (nSPS) is 14.5. The summed E-state index contributed by atoms with van der Waals surface area (Å²) in [5, 5.41) is 11.1. The average molecular weight is 190 g/mol. The van der Waals surface area contributed by atoms with E-state index in [-0.39, 0.29) is 11.9 Å². The van der Waals surface area contributed by atoms with Gasteiger partial charge in [0.2, 0.25) is 0 Å². The predicted molar refractivity (Wildman–Crippen MR) is 49.9 cm³/mol. The van der Waals surface area contributed by atoms with Crippen LogP contribution >= 0.6 is 0 Å². The summed E-state index contributed by atoms with van der Waals surface area (Å²) in [4.78, 5) is 0. The first-order chi connectivity index (χ1) is 6.22. The molecule has 0 aromatic carbocycles. The molecule has 0 spiro atoms. The zero-order chi connectivity index (χ0) is 10.1. The molecule has 5 heteroatoms. The van der Waals surface area contributed by atoms with Crippen molar-refractivity contribution in [1.82, 2.24) is 0 Å². The van der Waals surface area contributed by atoms with Crippen molar-refractivity contribution in [2.75, 3.05) is 19.8 Å². The average Bonchev–Trinajstić information content (AvgIpc) is 2.16. The fourth-order valence-corrected chi connectivity index (χ4v) is 0.697. The van der Waals surface area contributed by atoms with Gasteiger partial charge in [-0.1, -0.05) is 12.1 Å². The van der Waals surface area contributed by atoms with E-state index in [0.29, 0.717) is 13.2 Å². The monoisotopic (exact) mass is 190 g/mol. The lowest BCUT2D eigenvalue weighted by atomic mass is 10.4. The van der Waals surface area contributed by atoms with Gasteiger partial charge >= 0.3 is 0 Å². The van der Waals surface area contributed by atoms with E-state index in [1.165, 1.54) is 0 Å². The van der Waals surface area contributed by atoms with E-state index in [1.807, 2.05) is 6.92 Å². The van der Waals surface area contributed by atoms with E-state index < -0.39 is 0 Å². The van der Waals surface area contributed by atoms with Gasteiger partial charge < -0.3 is 20.4 Å². The van der Waals surface area contributed by atoms with Crippen LogP contribution < -0.4 is 5.73 Å². The van der Waals surface area contributed by atoms with Gasteiger partial charge in [-0.15, -0.1) is 0 Å². The summed E-state index contributed by atoms with van der Waals surface area (Å²) in [6, 6.07) is 0. The van der Waals surface area contributed by atoms with Gasteiger partial charge in [-0.2, -0.15) is 0 Å². The SMILES string of the molecule is CCCOCCOC(C)C(N)=NO. The van der Waals surface area contributed by atoms with Gasteiger partial charge in [0.05, 0.1) is 13.2 Å². The minimum Gasteiger partial charge on any atom is -0.409 e. The first-order valence-electron chi connectivity index (χ1n) is 4.39. The second-order valence-electron chi connectivity index (χ2n) is 2.65. The van der Waals surface area contributed by atoms with Crippen LogP contribution in [0.25, 0.3) is 0 Å². The highest BCUT2D eigenvalue weighted by molar-refractivity contribution is 5.83. The van der Waals surface area contributed by atoms with Crippen molar-refractivity contribution in [2.45, 2.75) is 26.4 Å². The van der Waals surface area contributed by atoms with E-state index in [1.54, 1.807) is 6.92 Å². The fraction of sp³-hybridized carbons (Fsp3) is 0.875. The molecule has 13 heavy (non-hydrogen) atoms. The quantitative estimate of drug-likeness (QED) is 0.202. The van der Waals surface area contributed by atoms with Gasteiger partial charge in [-0.05, 0) is 13.3 Å². The predicted octanol–water partition coefficient (Wildman–Crippen LogP) is 0.565. The molecule has 0 saturated carbocycles. The molecule has 0 radical (unpaired) electrons. The van der Waals surface area contributed by atoms with Gasteiger partial charge in [-0.25, -0.2) is 0 Å². The van der Waals surface area contributed by atoms with E-state index in [9.17, 15) is 0 Å². The van der Waals surface area contributed by atoms with Crippen molar-refractivity contribution in [2.24, 2.45) is 10.9 Å². The molecule has 0 aromatic heterocycles. The summed E-state index contributed by atoms with van der Waals surface area (Å²) in [6.07, 6.45) is 0.630. The van der Waals surface area contributed by atoms with Gasteiger partial charge in [0.15, 0.2) is 5.84 Å². The molecule has 0 fully saturated rings. The molecule has 0 saturated heterocycles. The van der Waals surface area contributed by atoms with Crippen molar-refractivity contribution >= 4 is 5.84 Å². The topological polar surface area (TPSA) is 77.1 Å². The molecule has 1 atom stereocenters. The Morgan fingerprint density at radius 1 is 1.46 bits per heavy atom. The standard InChI is InChI=1S/C8H18N2O3/c1-3-4-12-5-6-13-7(2)8(9)10-11/h7,11H,3-6H2,1-2H3,(H2,9,10). The Morgan fingerprint density at radius 2 is 2.15 bits per heavy atom. The van der Waals surface area contributed by atoms with Crippen LogP contribution in [0.2, 0.25) is 0 Å². The fourth-order valence-electron chi connectivity index (χ4n) is 0.697. The summed E-state index contributed by atoms with van der Waals surface area (Å²) in [7, 11) is 0. The number of nitrogens with two attached hydrogens (primary N) is 1. The third-order valence-corrected chi connectivity index (χ3v) is 1.48.